The number of amides is 1. The van der Waals surface area contributed by atoms with Gasteiger partial charge in [-0.25, -0.2) is 0 Å². The number of halogens is 2. The SMILES string of the molecule is CC(CNC(=O)C(C)(N)c1ccccc1)N1CCc2sccc2C1.Cl.Cl. The van der Waals surface area contributed by atoms with Crippen LogP contribution in [0, 0.1) is 0 Å². The Hall–Kier alpha value is -1.11. The van der Waals surface area contributed by atoms with E-state index in [0.717, 1.165) is 25.1 Å². The molecule has 0 radical (unpaired) electrons. The van der Waals surface area contributed by atoms with Crippen molar-refractivity contribution in [2.45, 2.75) is 38.4 Å². The summed E-state index contributed by atoms with van der Waals surface area (Å²) in [7, 11) is 0. The van der Waals surface area contributed by atoms with E-state index in [0.29, 0.717) is 6.54 Å². The number of carbonyl (C=O) groups is 1. The average molecular weight is 416 g/mol. The van der Waals surface area contributed by atoms with Crippen LogP contribution in [0.4, 0.5) is 0 Å². The first kappa shape index (κ1) is 22.9. The van der Waals surface area contributed by atoms with Gasteiger partial charge in [-0.1, -0.05) is 30.3 Å². The van der Waals surface area contributed by atoms with Crippen LogP contribution in [-0.2, 0) is 23.3 Å². The van der Waals surface area contributed by atoms with E-state index >= 15 is 0 Å². The molecule has 26 heavy (non-hydrogen) atoms. The summed E-state index contributed by atoms with van der Waals surface area (Å²) in [4.78, 5) is 16.5. The van der Waals surface area contributed by atoms with Crippen LogP contribution in [0.15, 0.2) is 41.8 Å². The van der Waals surface area contributed by atoms with Crippen LogP contribution < -0.4 is 11.1 Å². The third kappa shape index (κ3) is 4.99. The van der Waals surface area contributed by atoms with Crippen molar-refractivity contribution in [3.05, 3.63) is 57.8 Å². The summed E-state index contributed by atoms with van der Waals surface area (Å²) in [6, 6.07) is 12.0. The van der Waals surface area contributed by atoms with Crippen molar-refractivity contribution in [2.75, 3.05) is 13.1 Å². The van der Waals surface area contributed by atoms with E-state index in [4.69, 9.17) is 5.73 Å². The van der Waals surface area contributed by atoms with Gasteiger partial charge < -0.3 is 11.1 Å². The molecule has 1 aliphatic rings. The first-order chi connectivity index (χ1) is 11.5. The number of thiophene rings is 1. The molecule has 1 aromatic carbocycles. The standard InChI is InChI=1S/C19H25N3OS.2ClH/c1-14(22-10-8-17-15(13-22)9-11-24-17)12-21-18(23)19(2,20)16-6-4-3-5-7-16;;/h3-7,9,11,14H,8,10,12-13,20H2,1-2H3,(H,21,23);2*1H. The van der Waals surface area contributed by atoms with Crippen molar-refractivity contribution in [3.8, 4) is 0 Å². The molecule has 3 rings (SSSR count). The highest BCUT2D eigenvalue weighted by atomic mass is 35.5. The van der Waals surface area contributed by atoms with Crippen molar-refractivity contribution in [2.24, 2.45) is 5.73 Å². The lowest BCUT2D eigenvalue weighted by Crippen LogP contribution is -2.52. The molecular formula is C19H27Cl2N3OS. The fourth-order valence-electron chi connectivity index (χ4n) is 3.12. The lowest BCUT2D eigenvalue weighted by molar-refractivity contribution is -0.126. The predicted octanol–water partition coefficient (Wildman–Crippen LogP) is 3.33. The van der Waals surface area contributed by atoms with E-state index in [1.54, 1.807) is 6.92 Å². The van der Waals surface area contributed by atoms with Crippen molar-refractivity contribution in [1.82, 2.24) is 10.2 Å². The largest absolute Gasteiger partial charge is 0.353 e. The maximum absolute atomic E-state index is 12.6. The van der Waals surface area contributed by atoms with Crippen molar-refractivity contribution < 1.29 is 4.79 Å². The molecule has 1 amide bonds. The summed E-state index contributed by atoms with van der Waals surface area (Å²) >= 11 is 1.85. The van der Waals surface area contributed by atoms with Gasteiger partial charge >= 0.3 is 0 Å². The van der Waals surface area contributed by atoms with Gasteiger partial charge in [0.15, 0.2) is 0 Å². The summed E-state index contributed by atoms with van der Waals surface area (Å²) < 4.78 is 0. The van der Waals surface area contributed by atoms with Crippen LogP contribution in [0.25, 0.3) is 0 Å². The molecule has 4 nitrogen and oxygen atoms in total. The number of nitrogens with one attached hydrogen (secondary N) is 1. The van der Waals surface area contributed by atoms with Crippen LogP contribution >= 0.6 is 36.2 Å². The van der Waals surface area contributed by atoms with Gasteiger partial charge in [0.1, 0.15) is 5.54 Å². The molecule has 2 aromatic rings. The summed E-state index contributed by atoms with van der Waals surface area (Å²) in [5, 5.41) is 5.20. The van der Waals surface area contributed by atoms with Crippen molar-refractivity contribution in [3.63, 3.8) is 0 Å². The van der Waals surface area contributed by atoms with Crippen molar-refractivity contribution in [1.29, 1.82) is 0 Å². The predicted molar refractivity (Wildman–Crippen MR) is 113 cm³/mol. The maximum atomic E-state index is 12.6. The fourth-order valence-corrected chi connectivity index (χ4v) is 4.00. The van der Waals surface area contributed by atoms with E-state index in [-0.39, 0.29) is 36.8 Å². The molecule has 0 aliphatic carbocycles. The minimum Gasteiger partial charge on any atom is -0.353 e. The van der Waals surface area contributed by atoms with Crippen molar-refractivity contribution >= 4 is 42.1 Å². The second-order valence-corrected chi connectivity index (χ2v) is 7.72. The van der Waals surface area contributed by atoms with Crippen LogP contribution in [0.2, 0.25) is 0 Å². The van der Waals surface area contributed by atoms with E-state index < -0.39 is 5.54 Å². The highest BCUT2D eigenvalue weighted by molar-refractivity contribution is 7.10. The molecule has 0 bridgehead atoms. The molecule has 0 spiro atoms. The molecule has 2 heterocycles. The molecule has 3 N–H and O–H groups in total. The zero-order valence-corrected chi connectivity index (χ0v) is 17.6. The molecule has 144 valence electrons. The zero-order chi connectivity index (χ0) is 17.2. The van der Waals surface area contributed by atoms with Gasteiger partial charge in [-0.05, 0) is 42.8 Å². The lowest BCUT2D eigenvalue weighted by Gasteiger charge is -2.33. The van der Waals surface area contributed by atoms with E-state index in [1.807, 2.05) is 41.7 Å². The molecule has 1 aliphatic heterocycles. The number of hydrogen-bond donors (Lipinski definition) is 2. The quantitative estimate of drug-likeness (QED) is 0.786. The van der Waals surface area contributed by atoms with Crippen LogP contribution in [0.5, 0.6) is 0 Å². The molecule has 0 saturated heterocycles. The number of hydrogen-bond acceptors (Lipinski definition) is 4. The molecule has 0 fully saturated rings. The Labute approximate surface area is 172 Å². The second-order valence-electron chi connectivity index (χ2n) is 6.72. The topological polar surface area (TPSA) is 58.4 Å². The first-order valence-electron chi connectivity index (χ1n) is 8.40. The monoisotopic (exact) mass is 415 g/mol. The summed E-state index contributed by atoms with van der Waals surface area (Å²) in [5.74, 6) is -0.131. The number of carbonyl (C=O) groups excluding carboxylic acids is 1. The van der Waals surface area contributed by atoms with Gasteiger partial charge in [0, 0.05) is 30.6 Å². The maximum Gasteiger partial charge on any atom is 0.244 e. The molecule has 2 unspecified atom stereocenters. The van der Waals surface area contributed by atoms with Gasteiger partial charge in [0.05, 0.1) is 0 Å². The minimum absolute atomic E-state index is 0. The highest BCUT2D eigenvalue weighted by Gasteiger charge is 2.31. The second kappa shape index (κ2) is 9.72. The van der Waals surface area contributed by atoms with Gasteiger partial charge in [-0.2, -0.15) is 0 Å². The molecular weight excluding hydrogens is 389 g/mol. The Morgan fingerprint density at radius 3 is 2.69 bits per heavy atom. The number of nitrogens with zero attached hydrogens (tertiary/aromatic N) is 1. The first-order valence-corrected chi connectivity index (χ1v) is 9.28. The third-order valence-electron chi connectivity index (χ3n) is 4.86. The Balaban J connectivity index is 0.00000169. The van der Waals surface area contributed by atoms with Gasteiger partial charge in [0.25, 0.3) is 0 Å². The smallest absolute Gasteiger partial charge is 0.244 e. The number of rotatable bonds is 5. The molecule has 0 saturated carbocycles. The lowest BCUT2D eigenvalue weighted by atomic mass is 9.92. The Kier molecular flexibility index (Phi) is 8.57. The number of nitrogens with two attached hydrogens (primary N) is 1. The van der Waals surface area contributed by atoms with Crippen LogP contribution in [0.3, 0.4) is 0 Å². The molecule has 7 heteroatoms. The van der Waals surface area contributed by atoms with Crippen LogP contribution in [-0.4, -0.2) is 29.9 Å². The summed E-state index contributed by atoms with van der Waals surface area (Å²) in [5.41, 5.74) is 7.52. The third-order valence-corrected chi connectivity index (χ3v) is 5.89. The number of benzene rings is 1. The molecule has 1 aromatic heterocycles. The molecule has 2 atom stereocenters. The minimum atomic E-state index is -1.01. The van der Waals surface area contributed by atoms with E-state index in [1.165, 1.54) is 10.4 Å². The fraction of sp³-hybridized carbons (Fsp3) is 0.421. The highest BCUT2D eigenvalue weighted by Crippen LogP contribution is 2.25. The zero-order valence-electron chi connectivity index (χ0n) is 15.1. The normalized spacial score (nSPS) is 17.0. The number of fused-ring (bicyclic) bond motifs is 1. The summed E-state index contributed by atoms with van der Waals surface area (Å²) in [6.45, 7) is 6.55. The van der Waals surface area contributed by atoms with Crippen LogP contribution in [0.1, 0.15) is 29.9 Å². The Morgan fingerprint density at radius 2 is 2.00 bits per heavy atom. The van der Waals surface area contributed by atoms with E-state index in [9.17, 15) is 4.79 Å². The van der Waals surface area contributed by atoms with Gasteiger partial charge in [-0.15, -0.1) is 36.2 Å². The van der Waals surface area contributed by atoms with E-state index in [2.05, 4.69) is 28.6 Å². The average Bonchev–Trinajstić information content (AvgIpc) is 3.07. The Morgan fingerprint density at radius 1 is 1.31 bits per heavy atom. The summed E-state index contributed by atoms with van der Waals surface area (Å²) in [6.07, 6.45) is 1.10. The Bertz CT molecular complexity index is 706. The van der Waals surface area contributed by atoms with Gasteiger partial charge in [-0.3, -0.25) is 9.69 Å². The van der Waals surface area contributed by atoms with Gasteiger partial charge in [0.2, 0.25) is 5.91 Å².